The third-order valence-electron chi connectivity index (χ3n) is 2.85. The van der Waals surface area contributed by atoms with E-state index in [4.69, 9.17) is 27.6 Å². The van der Waals surface area contributed by atoms with Gasteiger partial charge in [-0.2, -0.15) is 0 Å². The summed E-state index contributed by atoms with van der Waals surface area (Å²) in [4.78, 5) is 12.3. The monoisotopic (exact) mass is 290 g/mol. The second-order valence-corrected chi connectivity index (χ2v) is 4.84. The molecule has 19 heavy (non-hydrogen) atoms. The van der Waals surface area contributed by atoms with Gasteiger partial charge in [0.25, 0.3) is 0 Å². The van der Waals surface area contributed by atoms with Gasteiger partial charge in [0.2, 0.25) is 5.43 Å². The molecule has 0 fully saturated rings. The minimum Gasteiger partial charge on any atom is -0.454 e. The van der Waals surface area contributed by atoms with Crippen molar-refractivity contribution in [2.45, 2.75) is 0 Å². The molecule has 0 aliphatic heterocycles. The summed E-state index contributed by atoms with van der Waals surface area (Å²) in [6.07, 6.45) is 0. The second-order valence-electron chi connectivity index (χ2n) is 4.05. The average Bonchev–Trinajstić information content (AvgIpc) is 2.43. The topological polar surface area (TPSA) is 30.2 Å². The maximum Gasteiger partial charge on any atom is 0.213 e. The third kappa shape index (κ3) is 2.03. The van der Waals surface area contributed by atoms with Crippen LogP contribution in [0.3, 0.4) is 0 Å². The van der Waals surface area contributed by atoms with Gasteiger partial charge in [-0.15, -0.1) is 0 Å². The molecule has 0 spiro atoms. The zero-order valence-corrected chi connectivity index (χ0v) is 11.2. The molecule has 0 radical (unpaired) electrons. The molecule has 0 bridgehead atoms. The molecule has 1 aromatic heterocycles. The normalized spacial score (nSPS) is 10.8. The first kappa shape index (κ1) is 12.3. The van der Waals surface area contributed by atoms with Crippen LogP contribution < -0.4 is 5.43 Å². The molecule has 94 valence electrons. The summed E-state index contributed by atoms with van der Waals surface area (Å²) in [5, 5.41) is 0.702. The van der Waals surface area contributed by atoms with Crippen molar-refractivity contribution in [3.8, 4) is 11.3 Å². The van der Waals surface area contributed by atoms with Crippen molar-refractivity contribution < 1.29 is 4.42 Å². The van der Waals surface area contributed by atoms with Gasteiger partial charge in [-0.3, -0.25) is 4.79 Å². The number of benzene rings is 2. The molecule has 0 aliphatic carbocycles. The van der Waals surface area contributed by atoms with E-state index >= 15 is 0 Å². The van der Waals surface area contributed by atoms with Crippen molar-refractivity contribution in [3.05, 3.63) is 68.8 Å². The van der Waals surface area contributed by atoms with Crippen molar-refractivity contribution in [2.75, 3.05) is 0 Å². The van der Waals surface area contributed by atoms with E-state index in [2.05, 4.69) is 0 Å². The summed E-state index contributed by atoms with van der Waals surface area (Å²) in [5.74, 6) is 0.363. The maximum atomic E-state index is 12.3. The lowest BCUT2D eigenvalue weighted by Crippen LogP contribution is -2.04. The van der Waals surface area contributed by atoms with Crippen LogP contribution in [0.4, 0.5) is 0 Å². The lowest BCUT2D eigenvalue weighted by Gasteiger charge is -2.06. The average molecular weight is 291 g/mol. The summed E-state index contributed by atoms with van der Waals surface area (Å²) in [6, 6.07) is 14.3. The molecular formula is C15H8Cl2O2. The Labute approximate surface area is 119 Å². The van der Waals surface area contributed by atoms with Gasteiger partial charge in [-0.1, -0.05) is 59.6 Å². The summed E-state index contributed by atoms with van der Waals surface area (Å²) in [7, 11) is 0. The molecule has 2 nitrogen and oxygen atoms in total. The third-order valence-corrected chi connectivity index (χ3v) is 3.51. The van der Waals surface area contributed by atoms with Crippen LogP contribution in [0.5, 0.6) is 0 Å². The van der Waals surface area contributed by atoms with Crippen LogP contribution in [-0.2, 0) is 0 Å². The molecule has 0 atom stereocenters. The minimum absolute atomic E-state index is 0.0480. The molecule has 0 unspecified atom stereocenters. The van der Waals surface area contributed by atoms with Crippen LogP contribution >= 0.6 is 23.2 Å². The highest BCUT2D eigenvalue weighted by Crippen LogP contribution is 2.30. The number of rotatable bonds is 1. The molecule has 4 heteroatoms. The highest BCUT2D eigenvalue weighted by Gasteiger charge is 2.15. The number of fused-ring (bicyclic) bond motifs is 1. The molecule has 0 saturated heterocycles. The Morgan fingerprint density at radius 2 is 1.63 bits per heavy atom. The predicted octanol–water partition coefficient (Wildman–Crippen LogP) is 4.77. The van der Waals surface area contributed by atoms with Gasteiger partial charge in [0.15, 0.2) is 5.76 Å². The Bertz CT molecular complexity index is 807. The highest BCUT2D eigenvalue weighted by atomic mass is 35.5. The summed E-state index contributed by atoms with van der Waals surface area (Å²) in [5.41, 5.74) is 0.875. The van der Waals surface area contributed by atoms with Crippen LogP contribution in [0.1, 0.15) is 0 Å². The van der Waals surface area contributed by atoms with Crippen molar-refractivity contribution in [3.63, 3.8) is 0 Å². The second kappa shape index (κ2) is 4.72. The number of hydrogen-bond donors (Lipinski definition) is 0. The zero-order chi connectivity index (χ0) is 13.4. The molecule has 0 saturated carbocycles. The van der Waals surface area contributed by atoms with E-state index < -0.39 is 0 Å². The quantitative estimate of drug-likeness (QED) is 0.646. The molecule has 1 heterocycles. The predicted molar refractivity (Wildman–Crippen MR) is 77.9 cm³/mol. The molecule has 3 rings (SSSR count). The van der Waals surface area contributed by atoms with Gasteiger partial charge in [-0.05, 0) is 12.1 Å². The Balaban J connectivity index is 2.41. The van der Waals surface area contributed by atoms with Crippen LogP contribution in [-0.4, -0.2) is 0 Å². The van der Waals surface area contributed by atoms with E-state index in [0.29, 0.717) is 21.8 Å². The first-order chi connectivity index (χ1) is 9.18. The largest absolute Gasteiger partial charge is 0.454 e. The fourth-order valence-electron chi connectivity index (χ4n) is 1.95. The lowest BCUT2D eigenvalue weighted by atomic mass is 10.1. The van der Waals surface area contributed by atoms with Crippen molar-refractivity contribution in [2.24, 2.45) is 0 Å². The molecule has 0 amide bonds. The van der Waals surface area contributed by atoms with E-state index in [0.717, 1.165) is 5.56 Å². The fraction of sp³-hybridized carbons (Fsp3) is 0. The van der Waals surface area contributed by atoms with E-state index in [1.807, 2.05) is 30.3 Å². The Hall–Kier alpha value is -1.77. The number of halogens is 2. The fourth-order valence-corrected chi connectivity index (χ4v) is 2.45. The zero-order valence-electron chi connectivity index (χ0n) is 9.69. The van der Waals surface area contributed by atoms with Crippen molar-refractivity contribution in [1.29, 1.82) is 0 Å². The highest BCUT2D eigenvalue weighted by molar-refractivity contribution is 6.37. The lowest BCUT2D eigenvalue weighted by molar-refractivity contribution is 0.619. The standard InChI is InChI=1S/C15H8Cl2O2/c16-10-7-4-8-11-12(10)14(18)13(17)15(19-11)9-5-2-1-3-6-9/h1-8H. The Morgan fingerprint density at radius 3 is 2.37 bits per heavy atom. The van der Waals surface area contributed by atoms with Crippen LogP contribution in [0.2, 0.25) is 10.0 Å². The Morgan fingerprint density at radius 1 is 0.895 bits per heavy atom. The first-order valence-corrected chi connectivity index (χ1v) is 6.40. The van der Waals surface area contributed by atoms with Crippen LogP contribution in [0.25, 0.3) is 22.3 Å². The van der Waals surface area contributed by atoms with E-state index in [1.54, 1.807) is 18.2 Å². The van der Waals surface area contributed by atoms with Crippen molar-refractivity contribution in [1.82, 2.24) is 0 Å². The van der Waals surface area contributed by atoms with Gasteiger partial charge in [0, 0.05) is 5.56 Å². The van der Waals surface area contributed by atoms with Gasteiger partial charge in [-0.25, -0.2) is 0 Å². The molecule has 3 aromatic rings. The Kier molecular flexibility index (Phi) is 3.05. The molecule has 0 N–H and O–H groups in total. The van der Waals surface area contributed by atoms with Gasteiger partial charge in [0.1, 0.15) is 10.6 Å². The SMILES string of the molecule is O=c1c(Cl)c(-c2ccccc2)oc2cccc(Cl)c12. The smallest absolute Gasteiger partial charge is 0.213 e. The van der Waals surface area contributed by atoms with Gasteiger partial charge in [0.05, 0.1) is 10.4 Å². The first-order valence-electron chi connectivity index (χ1n) is 5.65. The van der Waals surface area contributed by atoms with Crippen molar-refractivity contribution >= 4 is 34.2 Å². The molecule has 0 aliphatic rings. The maximum absolute atomic E-state index is 12.3. The molecular weight excluding hydrogens is 283 g/mol. The summed E-state index contributed by atoms with van der Waals surface area (Å²) >= 11 is 12.1. The van der Waals surface area contributed by atoms with E-state index in [-0.39, 0.29) is 10.5 Å². The minimum atomic E-state index is -0.313. The van der Waals surface area contributed by atoms with Gasteiger partial charge < -0.3 is 4.42 Å². The van der Waals surface area contributed by atoms with E-state index in [9.17, 15) is 4.79 Å². The molecule has 2 aromatic carbocycles. The van der Waals surface area contributed by atoms with Crippen LogP contribution in [0.15, 0.2) is 57.7 Å². The summed E-state index contributed by atoms with van der Waals surface area (Å²) < 4.78 is 5.72. The summed E-state index contributed by atoms with van der Waals surface area (Å²) in [6.45, 7) is 0. The van der Waals surface area contributed by atoms with E-state index in [1.165, 1.54) is 0 Å². The van der Waals surface area contributed by atoms with Crippen LogP contribution in [0, 0.1) is 0 Å². The van der Waals surface area contributed by atoms with Gasteiger partial charge >= 0.3 is 0 Å². The number of hydrogen-bond acceptors (Lipinski definition) is 2.